The van der Waals surface area contributed by atoms with Crippen molar-refractivity contribution >= 4 is 5.91 Å². The molecule has 2 aromatic heterocycles. The van der Waals surface area contributed by atoms with Crippen molar-refractivity contribution in [3.05, 3.63) is 29.0 Å². The molecule has 3 rings (SSSR count). The summed E-state index contributed by atoms with van der Waals surface area (Å²) < 4.78 is 9.00. The molecule has 1 amide bonds. The summed E-state index contributed by atoms with van der Waals surface area (Å²) in [7, 11) is 3.32. The first-order valence-electron chi connectivity index (χ1n) is 7.40. The molecule has 1 aliphatic rings. The molecule has 7 nitrogen and oxygen atoms in total. The Morgan fingerprint density at radius 1 is 1.45 bits per heavy atom. The second kappa shape index (κ2) is 5.47. The van der Waals surface area contributed by atoms with Crippen molar-refractivity contribution in [2.75, 3.05) is 7.11 Å². The van der Waals surface area contributed by atoms with Gasteiger partial charge in [-0.1, -0.05) is 0 Å². The molecule has 3 heterocycles. The minimum Gasteiger partial charge on any atom is -0.481 e. The number of nitrogens with zero attached hydrogens (tertiary/aromatic N) is 4. The number of rotatable bonds is 3. The molecule has 0 aliphatic carbocycles. The van der Waals surface area contributed by atoms with Gasteiger partial charge in [0.1, 0.15) is 11.4 Å². The quantitative estimate of drug-likeness (QED) is 0.917. The van der Waals surface area contributed by atoms with Gasteiger partial charge >= 0.3 is 0 Å². The van der Waals surface area contributed by atoms with Gasteiger partial charge < -0.3 is 14.6 Å². The molecule has 1 atom stereocenters. The number of hydrogen-bond acceptors (Lipinski definition) is 4. The van der Waals surface area contributed by atoms with Crippen LogP contribution in [0.5, 0.6) is 5.88 Å². The summed E-state index contributed by atoms with van der Waals surface area (Å²) in [6, 6.07) is 0.0953. The lowest BCUT2D eigenvalue weighted by Gasteiger charge is -2.24. The zero-order chi connectivity index (χ0) is 15.9. The smallest absolute Gasteiger partial charge is 0.258 e. The fourth-order valence-electron chi connectivity index (χ4n) is 3.09. The van der Waals surface area contributed by atoms with Crippen LogP contribution in [-0.2, 0) is 20.0 Å². The first-order chi connectivity index (χ1) is 10.5. The van der Waals surface area contributed by atoms with E-state index in [4.69, 9.17) is 4.74 Å². The Hall–Kier alpha value is -2.31. The number of ether oxygens (including phenoxy) is 1. The van der Waals surface area contributed by atoms with Crippen molar-refractivity contribution in [2.45, 2.75) is 39.3 Å². The summed E-state index contributed by atoms with van der Waals surface area (Å²) >= 11 is 0. The molecule has 0 radical (unpaired) electrons. The van der Waals surface area contributed by atoms with E-state index in [0.717, 1.165) is 30.9 Å². The minimum absolute atomic E-state index is 0.0953. The Bertz CT molecular complexity index is 716. The fourth-order valence-corrected chi connectivity index (χ4v) is 3.09. The Morgan fingerprint density at radius 2 is 2.23 bits per heavy atom. The highest BCUT2D eigenvalue weighted by Gasteiger charge is 2.26. The average Bonchev–Trinajstić information content (AvgIpc) is 2.96. The van der Waals surface area contributed by atoms with Gasteiger partial charge in [-0.2, -0.15) is 5.10 Å². The fraction of sp³-hybridized carbons (Fsp3) is 0.533. The normalized spacial score (nSPS) is 17.2. The summed E-state index contributed by atoms with van der Waals surface area (Å²) in [5.74, 6) is 1.45. The van der Waals surface area contributed by atoms with E-state index in [1.807, 2.05) is 20.0 Å². The summed E-state index contributed by atoms with van der Waals surface area (Å²) in [6.07, 6.45) is 3.80. The van der Waals surface area contributed by atoms with Gasteiger partial charge in [0, 0.05) is 32.3 Å². The molecule has 0 spiro atoms. The highest BCUT2D eigenvalue weighted by molar-refractivity contribution is 5.97. The van der Waals surface area contributed by atoms with Crippen LogP contribution in [0.1, 0.15) is 34.0 Å². The van der Waals surface area contributed by atoms with Crippen molar-refractivity contribution in [3.8, 4) is 5.88 Å². The number of carbonyl (C=O) groups is 1. The van der Waals surface area contributed by atoms with Crippen LogP contribution in [0.2, 0.25) is 0 Å². The predicted molar refractivity (Wildman–Crippen MR) is 81.0 cm³/mol. The van der Waals surface area contributed by atoms with Crippen molar-refractivity contribution in [1.29, 1.82) is 0 Å². The Kier molecular flexibility index (Phi) is 3.64. The molecule has 0 saturated heterocycles. The van der Waals surface area contributed by atoms with Gasteiger partial charge in [-0.15, -0.1) is 0 Å². The van der Waals surface area contributed by atoms with E-state index in [0.29, 0.717) is 17.1 Å². The molecule has 0 fully saturated rings. The molecule has 0 saturated carbocycles. The lowest BCUT2D eigenvalue weighted by Crippen LogP contribution is -2.41. The number of aryl methyl sites for hydroxylation is 4. The van der Waals surface area contributed by atoms with Crippen molar-refractivity contribution in [3.63, 3.8) is 0 Å². The topological polar surface area (TPSA) is 74.0 Å². The van der Waals surface area contributed by atoms with Crippen LogP contribution >= 0.6 is 0 Å². The van der Waals surface area contributed by atoms with E-state index in [1.54, 1.807) is 18.8 Å². The number of carbonyl (C=O) groups excluding carboxylic acids is 1. The van der Waals surface area contributed by atoms with E-state index in [2.05, 4.69) is 20.0 Å². The number of amides is 1. The van der Waals surface area contributed by atoms with Crippen LogP contribution in [0.25, 0.3) is 0 Å². The first-order valence-corrected chi connectivity index (χ1v) is 7.40. The third-order valence-corrected chi connectivity index (χ3v) is 4.04. The summed E-state index contributed by atoms with van der Waals surface area (Å²) in [5.41, 5.74) is 2.20. The number of fused-ring (bicyclic) bond motifs is 1. The molecule has 0 bridgehead atoms. The zero-order valence-electron chi connectivity index (χ0n) is 13.4. The molecule has 118 valence electrons. The number of aromatic nitrogens is 4. The van der Waals surface area contributed by atoms with Crippen LogP contribution in [0.15, 0.2) is 6.20 Å². The van der Waals surface area contributed by atoms with Crippen LogP contribution < -0.4 is 10.1 Å². The highest BCUT2D eigenvalue weighted by atomic mass is 16.5. The van der Waals surface area contributed by atoms with Crippen LogP contribution in [0.4, 0.5) is 0 Å². The van der Waals surface area contributed by atoms with E-state index in [9.17, 15) is 4.79 Å². The monoisotopic (exact) mass is 303 g/mol. The molecule has 1 aliphatic heterocycles. The Labute approximate surface area is 129 Å². The van der Waals surface area contributed by atoms with E-state index >= 15 is 0 Å². The summed E-state index contributed by atoms with van der Waals surface area (Å²) in [6.45, 7) is 4.56. The zero-order valence-corrected chi connectivity index (χ0v) is 13.4. The van der Waals surface area contributed by atoms with Crippen molar-refractivity contribution in [1.82, 2.24) is 24.6 Å². The van der Waals surface area contributed by atoms with Crippen molar-refractivity contribution < 1.29 is 9.53 Å². The third-order valence-electron chi connectivity index (χ3n) is 4.04. The molecule has 22 heavy (non-hydrogen) atoms. The molecular formula is C15H21N5O2. The van der Waals surface area contributed by atoms with Gasteiger partial charge in [0.15, 0.2) is 0 Å². The van der Waals surface area contributed by atoms with Gasteiger partial charge in [-0.05, 0) is 20.3 Å². The SMILES string of the molecule is COc1c(C(=O)NC2CCc3nc(C)cn3C2)c(C)nn1C. The maximum atomic E-state index is 12.6. The van der Waals surface area contributed by atoms with Gasteiger partial charge in [0.25, 0.3) is 5.91 Å². The second-order valence-electron chi connectivity index (χ2n) is 5.75. The van der Waals surface area contributed by atoms with E-state index in [-0.39, 0.29) is 11.9 Å². The van der Waals surface area contributed by atoms with Gasteiger partial charge in [0.2, 0.25) is 5.88 Å². The van der Waals surface area contributed by atoms with Crippen molar-refractivity contribution in [2.24, 2.45) is 7.05 Å². The van der Waals surface area contributed by atoms with Gasteiger partial charge in [0.05, 0.1) is 18.5 Å². The van der Waals surface area contributed by atoms with Crippen LogP contribution in [0.3, 0.4) is 0 Å². The maximum Gasteiger partial charge on any atom is 0.258 e. The average molecular weight is 303 g/mol. The largest absolute Gasteiger partial charge is 0.481 e. The third kappa shape index (κ3) is 2.47. The van der Waals surface area contributed by atoms with E-state index < -0.39 is 0 Å². The highest BCUT2D eigenvalue weighted by Crippen LogP contribution is 2.22. The molecule has 0 aromatic carbocycles. The molecule has 7 heteroatoms. The Balaban J connectivity index is 1.76. The number of methoxy groups -OCH3 is 1. The second-order valence-corrected chi connectivity index (χ2v) is 5.75. The number of hydrogen-bond donors (Lipinski definition) is 1. The molecule has 1 N–H and O–H groups in total. The van der Waals surface area contributed by atoms with Gasteiger partial charge in [-0.3, -0.25) is 4.79 Å². The molecular weight excluding hydrogens is 282 g/mol. The lowest BCUT2D eigenvalue weighted by atomic mass is 10.1. The van der Waals surface area contributed by atoms with Crippen LogP contribution in [0, 0.1) is 13.8 Å². The summed E-state index contributed by atoms with van der Waals surface area (Å²) in [4.78, 5) is 17.1. The first kappa shape index (κ1) is 14.6. The minimum atomic E-state index is -0.132. The van der Waals surface area contributed by atoms with E-state index in [1.165, 1.54) is 0 Å². The number of nitrogens with one attached hydrogen (secondary N) is 1. The maximum absolute atomic E-state index is 12.6. The molecule has 1 unspecified atom stereocenters. The standard InChI is InChI=1S/C15H21N5O2/c1-9-7-20-8-11(5-6-12(20)16-9)17-14(21)13-10(2)18-19(3)15(13)22-4/h7,11H,5-6,8H2,1-4H3,(H,17,21). The van der Waals surface area contributed by atoms with Gasteiger partial charge in [-0.25, -0.2) is 9.67 Å². The predicted octanol–water partition coefficient (Wildman–Crippen LogP) is 0.987. The summed E-state index contributed by atoms with van der Waals surface area (Å²) in [5, 5.41) is 7.34. The Morgan fingerprint density at radius 3 is 2.95 bits per heavy atom. The number of imidazole rings is 1. The lowest BCUT2D eigenvalue weighted by molar-refractivity contribution is 0.0923. The van der Waals surface area contributed by atoms with Crippen LogP contribution in [-0.4, -0.2) is 38.4 Å². The molecule has 2 aromatic rings.